The molecule has 0 heterocycles. The van der Waals surface area contributed by atoms with Crippen molar-refractivity contribution in [3.8, 4) is 11.1 Å². The number of aryl methyl sites for hydroxylation is 3. The van der Waals surface area contributed by atoms with Crippen LogP contribution < -0.4 is 0 Å². The lowest BCUT2D eigenvalue weighted by molar-refractivity contribution is 0.959. The van der Waals surface area contributed by atoms with Crippen LogP contribution in [-0.2, 0) is 12.8 Å². The van der Waals surface area contributed by atoms with Crippen molar-refractivity contribution in [2.45, 2.75) is 19.8 Å². The van der Waals surface area contributed by atoms with Gasteiger partial charge < -0.3 is 0 Å². The summed E-state index contributed by atoms with van der Waals surface area (Å²) in [4.78, 5) is 4.62. The Morgan fingerprint density at radius 3 is 1.76 bits per heavy atom. The van der Waals surface area contributed by atoms with Gasteiger partial charge in [0.15, 0.2) is 0 Å². The molecule has 4 aromatic carbocycles. The molecule has 0 aliphatic rings. The molecule has 1 heteroatoms. The highest BCUT2D eigenvalue weighted by Gasteiger charge is 1.98. The lowest BCUT2D eigenvalue weighted by Gasteiger charge is -2.04. The van der Waals surface area contributed by atoms with E-state index in [2.05, 4.69) is 109 Å². The fourth-order valence-corrected chi connectivity index (χ4v) is 3.33. The van der Waals surface area contributed by atoms with Gasteiger partial charge in [0, 0.05) is 6.21 Å². The lowest BCUT2D eigenvalue weighted by atomic mass is 10.0. The molecule has 0 unspecified atom stereocenters. The van der Waals surface area contributed by atoms with E-state index in [1.54, 1.807) is 0 Å². The summed E-state index contributed by atoms with van der Waals surface area (Å²) in [7, 11) is 0. The Morgan fingerprint density at radius 2 is 1.14 bits per heavy atom. The molecule has 0 radical (unpaired) electrons. The van der Waals surface area contributed by atoms with Crippen molar-refractivity contribution >= 4 is 11.9 Å². The van der Waals surface area contributed by atoms with Gasteiger partial charge in [0.05, 0.1) is 5.69 Å². The van der Waals surface area contributed by atoms with Crippen LogP contribution in [0.5, 0.6) is 0 Å². The van der Waals surface area contributed by atoms with Crippen molar-refractivity contribution in [3.05, 3.63) is 125 Å². The average Bonchev–Trinajstić information content (AvgIpc) is 2.79. The Balaban J connectivity index is 1.35. The molecule has 4 aromatic rings. The molecule has 142 valence electrons. The van der Waals surface area contributed by atoms with Crippen LogP contribution in [0.3, 0.4) is 0 Å². The summed E-state index contributed by atoms with van der Waals surface area (Å²) in [6.07, 6.45) is 4.04. The summed E-state index contributed by atoms with van der Waals surface area (Å²) >= 11 is 0. The minimum absolute atomic E-state index is 0.983. The van der Waals surface area contributed by atoms with Gasteiger partial charge in [-0.1, -0.05) is 96.6 Å². The predicted octanol–water partition coefficient (Wildman–Crippen LogP) is 7.20. The number of hydrogen-bond acceptors (Lipinski definition) is 1. The lowest BCUT2D eigenvalue weighted by Crippen LogP contribution is -1.91. The van der Waals surface area contributed by atoms with Crippen molar-refractivity contribution in [3.63, 3.8) is 0 Å². The minimum atomic E-state index is 0.983. The van der Waals surface area contributed by atoms with Crippen molar-refractivity contribution in [2.75, 3.05) is 0 Å². The second kappa shape index (κ2) is 9.16. The molecule has 1 nitrogen and oxygen atoms in total. The number of aliphatic imine (C=N–C) groups is 1. The van der Waals surface area contributed by atoms with Crippen molar-refractivity contribution in [2.24, 2.45) is 4.99 Å². The molecule has 0 fully saturated rings. The fraction of sp³-hybridized carbons (Fsp3) is 0.107. The molecular formula is C28H25N. The Kier molecular flexibility index (Phi) is 5.97. The maximum Gasteiger partial charge on any atom is 0.0630 e. The Labute approximate surface area is 173 Å². The summed E-state index contributed by atoms with van der Waals surface area (Å²) in [5, 5.41) is 0. The van der Waals surface area contributed by atoms with E-state index in [1.807, 2.05) is 12.3 Å². The molecule has 0 saturated heterocycles. The highest BCUT2D eigenvalue weighted by molar-refractivity contribution is 5.83. The summed E-state index contributed by atoms with van der Waals surface area (Å²) in [6.45, 7) is 2.13. The van der Waals surface area contributed by atoms with Gasteiger partial charge in [0.25, 0.3) is 0 Å². The topological polar surface area (TPSA) is 12.4 Å². The molecule has 0 atom stereocenters. The first-order chi connectivity index (χ1) is 14.3. The predicted molar refractivity (Wildman–Crippen MR) is 124 cm³/mol. The molecular weight excluding hydrogens is 350 g/mol. The summed E-state index contributed by atoms with van der Waals surface area (Å²) < 4.78 is 0. The second-order valence-corrected chi connectivity index (χ2v) is 7.40. The van der Waals surface area contributed by atoms with Gasteiger partial charge in [-0.2, -0.15) is 0 Å². The van der Waals surface area contributed by atoms with Crippen LogP contribution >= 0.6 is 0 Å². The van der Waals surface area contributed by atoms with Gasteiger partial charge in [-0.05, 0) is 59.7 Å². The van der Waals surface area contributed by atoms with E-state index in [0.717, 1.165) is 24.1 Å². The summed E-state index contributed by atoms with van der Waals surface area (Å²) in [5.41, 5.74) is 8.58. The van der Waals surface area contributed by atoms with Crippen molar-refractivity contribution in [1.82, 2.24) is 0 Å². The SMILES string of the molecule is Cc1ccc(CCc2ccc(N=Cc3ccc(-c4ccccc4)cc3)cc2)cc1. The molecule has 29 heavy (non-hydrogen) atoms. The van der Waals surface area contributed by atoms with E-state index in [1.165, 1.54) is 27.8 Å². The zero-order valence-corrected chi connectivity index (χ0v) is 16.8. The molecule has 0 aliphatic carbocycles. The molecule has 0 spiro atoms. The van der Waals surface area contributed by atoms with E-state index in [4.69, 9.17) is 0 Å². The molecule has 4 rings (SSSR count). The molecule has 0 saturated carbocycles. The van der Waals surface area contributed by atoms with Crippen molar-refractivity contribution in [1.29, 1.82) is 0 Å². The van der Waals surface area contributed by atoms with Crippen LogP contribution in [0.1, 0.15) is 22.3 Å². The van der Waals surface area contributed by atoms with Gasteiger partial charge in [0.1, 0.15) is 0 Å². The van der Waals surface area contributed by atoms with Crippen LogP contribution in [0, 0.1) is 6.92 Å². The van der Waals surface area contributed by atoms with Crippen LogP contribution in [-0.4, -0.2) is 6.21 Å². The second-order valence-electron chi connectivity index (χ2n) is 7.40. The standard InChI is InChI=1S/C28H25N/c1-22-7-9-23(10-8-22)11-12-24-15-19-28(20-16-24)29-21-25-13-17-27(18-14-25)26-5-3-2-4-6-26/h2-10,13-21H,11-12H2,1H3. The Bertz CT molecular complexity index is 1060. The van der Waals surface area contributed by atoms with Crippen LogP contribution in [0.15, 0.2) is 108 Å². The van der Waals surface area contributed by atoms with Crippen LogP contribution in [0.4, 0.5) is 5.69 Å². The summed E-state index contributed by atoms with van der Waals surface area (Å²) in [6, 6.07) is 36.3. The number of hydrogen-bond donors (Lipinski definition) is 0. The molecule has 0 N–H and O–H groups in total. The van der Waals surface area contributed by atoms with Gasteiger partial charge in [0.2, 0.25) is 0 Å². The zero-order chi connectivity index (χ0) is 19.9. The van der Waals surface area contributed by atoms with E-state index < -0.39 is 0 Å². The molecule has 0 aliphatic heterocycles. The first-order valence-electron chi connectivity index (χ1n) is 10.1. The van der Waals surface area contributed by atoms with Crippen molar-refractivity contribution < 1.29 is 0 Å². The van der Waals surface area contributed by atoms with E-state index in [-0.39, 0.29) is 0 Å². The zero-order valence-electron chi connectivity index (χ0n) is 16.8. The first-order valence-corrected chi connectivity index (χ1v) is 10.1. The van der Waals surface area contributed by atoms with E-state index in [0.29, 0.717) is 0 Å². The first kappa shape index (κ1) is 18.9. The van der Waals surface area contributed by atoms with E-state index >= 15 is 0 Å². The van der Waals surface area contributed by atoms with E-state index in [9.17, 15) is 0 Å². The monoisotopic (exact) mass is 375 g/mol. The number of benzene rings is 4. The maximum absolute atomic E-state index is 4.62. The Morgan fingerprint density at radius 1 is 0.586 bits per heavy atom. The Hall–Kier alpha value is -3.45. The van der Waals surface area contributed by atoms with Gasteiger partial charge in [-0.3, -0.25) is 4.99 Å². The fourth-order valence-electron chi connectivity index (χ4n) is 3.33. The third kappa shape index (κ3) is 5.30. The molecule has 0 bridgehead atoms. The maximum atomic E-state index is 4.62. The largest absolute Gasteiger partial charge is 0.256 e. The third-order valence-electron chi connectivity index (χ3n) is 5.14. The van der Waals surface area contributed by atoms with Crippen LogP contribution in [0.25, 0.3) is 11.1 Å². The molecule has 0 aromatic heterocycles. The van der Waals surface area contributed by atoms with Gasteiger partial charge >= 0.3 is 0 Å². The van der Waals surface area contributed by atoms with Crippen LogP contribution in [0.2, 0.25) is 0 Å². The van der Waals surface area contributed by atoms with Gasteiger partial charge in [-0.15, -0.1) is 0 Å². The average molecular weight is 376 g/mol. The smallest absolute Gasteiger partial charge is 0.0630 e. The highest BCUT2D eigenvalue weighted by Crippen LogP contribution is 2.19. The normalized spacial score (nSPS) is 11.1. The number of rotatable bonds is 6. The third-order valence-corrected chi connectivity index (χ3v) is 5.14. The van der Waals surface area contributed by atoms with Gasteiger partial charge in [-0.25, -0.2) is 0 Å². The minimum Gasteiger partial charge on any atom is -0.256 e. The quantitative estimate of drug-likeness (QED) is 0.316. The molecule has 0 amide bonds. The highest BCUT2D eigenvalue weighted by atomic mass is 14.7. The summed E-state index contributed by atoms with van der Waals surface area (Å²) in [5.74, 6) is 0. The number of nitrogens with zero attached hydrogens (tertiary/aromatic N) is 1.